The van der Waals surface area contributed by atoms with Crippen LogP contribution in [-0.4, -0.2) is 11.9 Å². The molecular weight excluding hydrogens is 198 g/mol. The van der Waals surface area contributed by atoms with Crippen molar-refractivity contribution in [3.63, 3.8) is 0 Å². The summed E-state index contributed by atoms with van der Waals surface area (Å²) in [6.45, 7) is 12.9. The van der Waals surface area contributed by atoms with E-state index < -0.39 is 0 Å². The van der Waals surface area contributed by atoms with Crippen molar-refractivity contribution in [1.82, 2.24) is 5.32 Å². The molecule has 2 atom stereocenters. The van der Waals surface area contributed by atoms with E-state index in [1.807, 2.05) is 0 Å². The lowest BCUT2D eigenvalue weighted by Crippen LogP contribution is -2.38. The molecule has 0 aromatic rings. The van der Waals surface area contributed by atoms with Crippen molar-refractivity contribution in [3.05, 3.63) is 0 Å². The van der Waals surface area contributed by atoms with E-state index in [0.717, 1.165) is 19.3 Å². The van der Waals surface area contributed by atoms with Crippen LogP contribution in [0.5, 0.6) is 0 Å². The molecule has 0 aromatic heterocycles. The number of hydrogen-bond donors (Lipinski definition) is 1. The third-order valence-electron chi connectivity index (χ3n) is 2.83. The minimum absolute atomic E-state index is 0.189. The van der Waals surface area contributed by atoms with E-state index in [1.54, 1.807) is 0 Å². The van der Waals surface area contributed by atoms with Crippen LogP contribution in [0.15, 0.2) is 0 Å². The van der Waals surface area contributed by atoms with Gasteiger partial charge >= 0.3 is 0 Å². The van der Waals surface area contributed by atoms with Gasteiger partial charge in [-0.25, -0.2) is 0 Å². The van der Waals surface area contributed by atoms with Gasteiger partial charge in [-0.2, -0.15) is 0 Å². The fraction of sp³-hybridized carbons (Fsp3) is 0.929. The molecule has 0 fully saturated rings. The molecule has 1 N–H and O–H groups in total. The molecule has 96 valence electrons. The van der Waals surface area contributed by atoms with Gasteiger partial charge in [-0.1, -0.05) is 34.6 Å². The average molecular weight is 227 g/mol. The molecule has 0 aliphatic carbocycles. The number of rotatable bonds is 7. The van der Waals surface area contributed by atoms with Gasteiger partial charge in [-0.15, -0.1) is 0 Å². The van der Waals surface area contributed by atoms with Gasteiger partial charge in [0.05, 0.1) is 0 Å². The van der Waals surface area contributed by atoms with Crippen molar-refractivity contribution in [2.24, 2.45) is 17.8 Å². The molecule has 16 heavy (non-hydrogen) atoms. The summed E-state index contributed by atoms with van der Waals surface area (Å²) in [4.78, 5) is 12.0. The maximum absolute atomic E-state index is 12.0. The lowest BCUT2D eigenvalue weighted by molar-refractivity contribution is -0.126. The summed E-state index contributed by atoms with van der Waals surface area (Å²) >= 11 is 0. The Morgan fingerprint density at radius 2 is 1.50 bits per heavy atom. The number of nitrogens with one attached hydrogen (secondary N) is 1. The van der Waals surface area contributed by atoms with Crippen molar-refractivity contribution < 1.29 is 4.79 Å². The molecule has 1 amide bonds. The van der Waals surface area contributed by atoms with Gasteiger partial charge in [-0.3, -0.25) is 4.79 Å². The monoisotopic (exact) mass is 227 g/mol. The second-order valence-electron chi connectivity index (χ2n) is 5.77. The maximum Gasteiger partial charge on any atom is 0.223 e. The number of amides is 1. The van der Waals surface area contributed by atoms with Crippen molar-refractivity contribution in [3.8, 4) is 0 Å². The lowest BCUT2D eigenvalue weighted by atomic mass is 9.93. The van der Waals surface area contributed by atoms with E-state index in [9.17, 15) is 4.79 Å². The fourth-order valence-electron chi connectivity index (χ4n) is 2.15. The molecule has 0 saturated carbocycles. The molecule has 2 heteroatoms. The van der Waals surface area contributed by atoms with Gasteiger partial charge in [0.1, 0.15) is 0 Å². The van der Waals surface area contributed by atoms with E-state index in [0.29, 0.717) is 17.9 Å². The van der Waals surface area contributed by atoms with Crippen molar-refractivity contribution >= 4 is 5.91 Å². The normalized spacial score (nSPS) is 15.2. The van der Waals surface area contributed by atoms with Crippen LogP contribution < -0.4 is 5.32 Å². The van der Waals surface area contributed by atoms with Crippen LogP contribution in [0.25, 0.3) is 0 Å². The molecule has 2 unspecified atom stereocenters. The Morgan fingerprint density at radius 3 is 1.88 bits per heavy atom. The van der Waals surface area contributed by atoms with Crippen molar-refractivity contribution in [2.45, 2.75) is 66.8 Å². The topological polar surface area (TPSA) is 29.1 Å². The number of hydrogen-bond acceptors (Lipinski definition) is 1. The van der Waals surface area contributed by atoms with Gasteiger partial charge in [0.15, 0.2) is 0 Å². The molecule has 0 aromatic carbocycles. The zero-order valence-corrected chi connectivity index (χ0v) is 11.8. The summed E-state index contributed by atoms with van der Waals surface area (Å²) in [6, 6.07) is 0.300. The average Bonchev–Trinajstić information content (AvgIpc) is 2.11. The van der Waals surface area contributed by atoms with E-state index in [2.05, 4.69) is 46.9 Å². The first kappa shape index (κ1) is 15.5. The Kier molecular flexibility index (Phi) is 7.44. The first-order valence-corrected chi connectivity index (χ1v) is 6.67. The van der Waals surface area contributed by atoms with E-state index >= 15 is 0 Å². The first-order chi connectivity index (χ1) is 7.36. The quantitative estimate of drug-likeness (QED) is 0.707. The molecule has 0 radical (unpaired) electrons. The van der Waals surface area contributed by atoms with Gasteiger partial charge in [0.25, 0.3) is 0 Å². The van der Waals surface area contributed by atoms with Gasteiger partial charge in [-0.05, 0) is 38.0 Å². The first-order valence-electron chi connectivity index (χ1n) is 6.67. The summed E-state index contributed by atoms with van der Waals surface area (Å²) in [5.74, 6) is 1.66. The van der Waals surface area contributed by atoms with E-state index in [4.69, 9.17) is 0 Å². The van der Waals surface area contributed by atoms with Gasteiger partial charge in [0.2, 0.25) is 5.91 Å². The van der Waals surface area contributed by atoms with Gasteiger partial charge in [0, 0.05) is 12.0 Å². The summed E-state index contributed by atoms with van der Waals surface area (Å²) < 4.78 is 0. The van der Waals surface area contributed by atoms with Crippen molar-refractivity contribution in [2.75, 3.05) is 0 Å². The summed E-state index contributed by atoms with van der Waals surface area (Å²) in [5.41, 5.74) is 0. The Balaban J connectivity index is 4.10. The maximum atomic E-state index is 12.0. The minimum Gasteiger partial charge on any atom is -0.353 e. The van der Waals surface area contributed by atoms with Crippen LogP contribution in [-0.2, 0) is 4.79 Å². The van der Waals surface area contributed by atoms with Crippen LogP contribution in [0.4, 0.5) is 0 Å². The molecule has 0 bridgehead atoms. The summed E-state index contributed by atoms with van der Waals surface area (Å²) in [7, 11) is 0. The fourth-order valence-corrected chi connectivity index (χ4v) is 2.15. The SMILES string of the molecule is CCC(CC(C)C)C(=O)NC(C)CC(C)C. The summed E-state index contributed by atoms with van der Waals surface area (Å²) in [5, 5.41) is 3.13. The molecule has 0 spiro atoms. The number of carbonyl (C=O) groups excluding carboxylic acids is 1. The van der Waals surface area contributed by atoms with E-state index in [-0.39, 0.29) is 11.8 Å². The minimum atomic E-state index is 0.189. The highest BCUT2D eigenvalue weighted by Gasteiger charge is 2.19. The van der Waals surface area contributed by atoms with E-state index in [1.165, 1.54) is 0 Å². The number of carbonyl (C=O) groups is 1. The molecule has 0 rings (SSSR count). The van der Waals surface area contributed by atoms with Crippen LogP contribution in [0.1, 0.15) is 60.8 Å². The van der Waals surface area contributed by atoms with Crippen LogP contribution in [0.3, 0.4) is 0 Å². The highest BCUT2D eigenvalue weighted by atomic mass is 16.1. The Hall–Kier alpha value is -0.530. The largest absolute Gasteiger partial charge is 0.353 e. The Labute approximate surface area is 101 Å². The third-order valence-corrected chi connectivity index (χ3v) is 2.83. The molecule has 2 nitrogen and oxygen atoms in total. The van der Waals surface area contributed by atoms with Gasteiger partial charge < -0.3 is 5.32 Å². The zero-order valence-electron chi connectivity index (χ0n) is 11.8. The molecule has 0 aliphatic rings. The second kappa shape index (κ2) is 7.70. The zero-order chi connectivity index (χ0) is 12.7. The molecule has 0 heterocycles. The molecule has 0 saturated heterocycles. The third kappa shape index (κ3) is 6.86. The standard InChI is InChI=1S/C14H29NO/c1-7-13(9-11(4)5)14(16)15-12(6)8-10(2)3/h10-13H,7-9H2,1-6H3,(H,15,16). The van der Waals surface area contributed by atoms with Crippen LogP contribution in [0.2, 0.25) is 0 Å². The highest BCUT2D eigenvalue weighted by Crippen LogP contribution is 2.16. The van der Waals surface area contributed by atoms with Crippen molar-refractivity contribution in [1.29, 1.82) is 0 Å². The van der Waals surface area contributed by atoms with Crippen LogP contribution >= 0.6 is 0 Å². The smallest absolute Gasteiger partial charge is 0.223 e. The predicted octanol–water partition coefficient (Wildman–Crippen LogP) is 3.61. The lowest BCUT2D eigenvalue weighted by Gasteiger charge is -2.21. The summed E-state index contributed by atoms with van der Waals surface area (Å²) in [6.07, 6.45) is 3.00. The Morgan fingerprint density at radius 1 is 1.00 bits per heavy atom. The van der Waals surface area contributed by atoms with Crippen LogP contribution in [0, 0.1) is 17.8 Å². The highest BCUT2D eigenvalue weighted by molar-refractivity contribution is 5.78. The predicted molar refractivity (Wildman–Crippen MR) is 70.3 cm³/mol. The molecular formula is C14H29NO. The Bertz CT molecular complexity index is 199. The molecule has 0 aliphatic heterocycles. The second-order valence-corrected chi connectivity index (χ2v) is 5.77.